The molecular weight excluding hydrogens is 268 g/mol. The molecule has 1 atom stereocenters. The van der Waals surface area contributed by atoms with Gasteiger partial charge in [-0.1, -0.05) is 29.8 Å². The number of benzene rings is 1. The van der Waals surface area contributed by atoms with Crippen molar-refractivity contribution in [1.29, 1.82) is 0 Å². The summed E-state index contributed by atoms with van der Waals surface area (Å²) in [6.07, 6.45) is 3.35. The van der Waals surface area contributed by atoms with E-state index in [1.54, 1.807) is 0 Å². The molecule has 1 aromatic heterocycles. The molecule has 1 N–H and O–H groups in total. The number of nitrogens with zero attached hydrogens (tertiary/aromatic N) is 1. The maximum atomic E-state index is 5.92. The SMILES string of the molecule is Clc1ccc(Cc2cccc(C3CCCNC3)n2)cc1. The minimum atomic E-state index is 0.564. The summed E-state index contributed by atoms with van der Waals surface area (Å²) >= 11 is 5.92. The van der Waals surface area contributed by atoms with E-state index < -0.39 is 0 Å². The molecule has 3 rings (SSSR count). The molecule has 2 nitrogen and oxygen atoms in total. The van der Waals surface area contributed by atoms with Crippen LogP contribution in [0.25, 0.3) is 0 Å². The second-order valence-corrected chi connectivity index (χ2v) is 5.84. The molecule has 1 aliphatic rings. The summed E-state index contributed by atoms with van der Waals surface area (Å²) in [7, 11) is 0. The maximum absolute atomic E-state index is 5.92. The van der Waals surface area contributed by atoms with Gasteiger partial charge in [0.1, 0.15) is 0 Å². The molecule has 104 valence electrons. The highest BCUT2D eigenvalue weighted by Crippen LogP contribution is 2.22. The molecule has 0 spiro atoms. The van der Waals surface area contributed by atoms with Crippen LogP contribution in [0.2, 0.25) is 5.02 Å². The van der Waals surface area contributed by atoms with E-state index in [-0.39, 0.29) is 0 Å². The van der Waals surface area contributed by atoms with Crippen LogP contribution < -0.4 is 5.32 Å². The van der Waals surface area contributed by atoms with Crippen LogP contribution in [0, 0.1) is 0 Å². The lowest BCUT2D eigenvalue weighted by molar-refractivity contribution is 0.454. The van der Waals surface area contributed by atoms with E-state index in [1.165, 1.54) is 24.1 Å². The molecule has 3 heteroatoms. The Morgan fingerprint density at radius 3 is 2.75 bits per heavy atom. The first-order valence-electron chi connectivity index (χ1n) is 7.22. The Labute approximate surface area is 125 Å². The molecule has 1 aliphatic heterocycles. The van der Waals surface area contributed by atoms with E-state index in [9.17, 15) is 0 Å². The van der Waals surface area contributed by atoms with Crippen molar-refractivity contribution in [2.24, 2.45) is 0 Å². The number of hydrogen-bond acceptors (Lipinski definition) is 2. The summed E-state index contributed by atoms with van der Waals surface area (Å²) < 4.78 is 0. The predicted molar refractivity (Wildman–Crippen MR) is 83.3 cm³/mol. The molecule has 1 saturated heterocycles. The average molecular weight is 287 g/mol. The third-order valence-corrected chi connectivity index (χ3v) is 4.09. The molecule has 1 unspecified atom stereocenters. The highest BCUT2D eigenvalue weighted by molar-refractivity contribution is 6.30. The minimum absolute atomic E-state index is 0.564. The van der Waals surface area contributed by atoms with Gasteiger partial charge in [0.2, 0.25) is 0 Å². The average Bonchev–Trinajstić information content (AvgIpc) is 2.51. The third kappa shape index (κ3) is 3.38. The van der Waals surface area contributed by atoms with Crippen LogP contribution in [0.15, 0.2) is 42.5 Å². The van der Waals surface area contributed by atoms with Crippen LogP contribution in [-0.2, 0) is 6.42 Å². The molecule has 0 amide bonds. The van der Waals surface area contributed by atoms with Crippen molar-refractivity contribution in [1.82, 2.24) is 10.3 Å². The lowest BCUT2D eigenvalue weighted by atomic mass is 9.95. The second-order valence-electron chi connectivity index (χ2n) is 5.40. The Hall–Kier alpha value is -1.38. The van der Waals surface area contributed by atoms with Crippen molar-refractivity contribution in [3.63, 3.8) is 0 Å². The molecule has 0 radical (unpaired) electrons. The van der Waals surface area contributed by atoms with Gasteiger partial charge in [-0.15, -0.1) is 0 Å². The molecule has 0 saturated carbocycles. The van der Waals surface area contributed by atoms with Crippen LogP contribution in [0.3, 0.4) is 0 Å². The fourth-order valence-electron chi connectivity index (χ4n) is 2.74. The van der Waals surface area contributed by atoms with E-state index in [0.717, 1.165) is 30.2 Å². The normalized spacial score (nSPS) is 18.9. The zero-order valence-corrected chi connectivity index (χ0v) is 12.2. The molecule has 0 aliphatic carbocycles. The molecule has 20 heavy (non-hydrogen) atoms. The van der Waals surface area contributed by atoms with Gasteiger partial charge in [0.25, 0.3) is 0 Å². The first kappa shape index (κ1) is 13.6. The predicted octanol–water partition coefficient (Wildman–Crippen LogP) is 3.79. The van der Waals surface area contributed by atoms with Gasteiger partial charge >= 0.3 is 0 Å². The number of halogens is 1. The van der Waals surface area contributed by atoms with Crippen molar-refractivity contribution in [2.75, 3.05) is 13.1 Å². The standard InChI is InChI=1S/C17H19ClN2/c18-15-8-6-13(7-9-15)11-16-4-1-5-17(20-16)14-3-2-10-19-12-14/h1,4-9,14,19H,2-3,10-12H2. The molecule has 2 heterocycles. The molecule has 1 fully saturated rings. The van der Waals surface area contributed by atoms with Crippen molar-refractivity contribution in [2.45, 2.75) is 25.2 Å². The zero-order valence-electron chi connectivity index (χ0n) is 11.5. The van der Waals surface area contributed by atoms with E-state index in [1.807, 2.05) is 12.1 Å². The number of pyridine rings is 1. The summed E-state index contributed by atoms with van der Waals surface area (Å²) in [5.41, 5.74) is 3.61. The van der Waals surface area contributed by atoms with E-state index in [2.05, 4.69) is 35.6 Å². The van der Waals surface area contributed by atoms with Gasteiger partial charge in [0, 0.05) is 35.3 Å². The van der Waals surface area contributed by atoms with Crippen molar-refractivity contribution in [3.8, 4) is 0 Å². The van der Waals surface area contributed by atoms with Gasteiger partial charge in [-0.05, 0) is 49.2 Å². The van der Waals surface area contributed by atoms with E-state index in [0.29, 0.717) is 5.92 Å². The Morgan fingerprint density at radius 1 is 1.15 bits per heavy atom. The minimum Gasteiger partial charge on any atom is -0.316 e. The fraction of sp³-hybridized carbons (Fsp3) is 0.353. The van der Waals surface area contributed by atoms with Gasteiger partial charge < -0.3 is 5.32 Å². The summed E-state index contributed by atoms with van der Waals surface area (Å²) in [6, 6.07) is 14.4. The van der Waals surface area contributed by atoms with Gasteiger partial charge in [0.15, 0.2) is 0 Å². The zero-order chi connectivity index (χ0) is 13.8. The van der Waals surface area contributed by atoms with Gasteiger partial charge in [-0.3, -0.25) is 4.98 Å². The van der Waals surface area contributed by atoms with Crippen molar-refractivity contribution >= 4 is 11.6 Å². The number of piperidine rings is 1. The summed E-state index contributed by atoms with van der Waals surface area (Å²) in [4.78, 5) is 4.84. The molecule has 2 aromatic rings. The first-order chi connectivity index (χ1) is 9.81. The summed E-state index contributed by atoms with van der Waals surface area (Å²) in [6.45, 7) is 2.19. The van der Waals surface area contributed by atoms with E-state index in [4.69, 9.17) is 16.6 Å². The monoisotopic (exact) mass is 286 g/mol. The number of rotatable bonds is 3. The number of hydrogen-bond donors (Lipinski definition) is 1. The topological polar surface area (TPSA) is 24.9 Å². The van der Waals surface area contributed by atoms with Crippen LogP contribution in [-0.4, -0.2) is 18.1 Å². The molecule has 1 aromatic carbocycles. The van der Waals surface area contributed by atoms with Crippen molar-refractivity contribution in [3.05, 3.63) is 64.4 Å². The second kappa shape index (κ2) is 6.38. The first-order valence-corrected chi connectivity index (χ1v) is 7.60. The molecule has 0 bridgehead atoms. The van der Waals surface area contributed by atoms with Crippen molar-refractivity contribution < 1.29 is 0 Å². The largest absolute Gasteiger partial charge is 0.316 e. The molecular formula is C17H19ClN2. The smallest absolute Gasteiger partial charge is 0.0450 e. The lowest BCUT2D eigenvalue weighted by Gasteiger charge is -2.22. The summed E-state index contributed by atoms with van der Waals surface area (Å²) in [5, 5.41) is 4.24. The van der Waals surface area contributed by atoms with Gasteiger partial charge in [-0.2, -0.15) is 0 Å². The highest BCUT2D eigenvalue weighted by atomic mass is 35.5. The van der Waals surface area contributed by atoms with Crippen LogP contribution >= 0.6 is 11.6 Å². The van der Waals surface area contributed by atoms with Gasteiger partial charge in [-0.25, -0.2) is 0 Å². The van der Waals surface area contributed by atoms with Crippen LogP contribution in [0.5, 0.6) is 0 Å². The maximum Gasteiger partial charge on any atom is 0.0450 e. The van der Waals surface area contributed by atoms with Crippen LogP contribution in [0.4, 0.5) is 0 Å². The fourth-order valence-corrected chi connectivity index (χ4v) is 2.87. The summed E-state index contributed by atoms with van der Waals surface area (Å²) in [5.74, 6) is 0.564. The Morgan fingerprint density at radius 2 is 2.00 bits per heavy atom. The lowest BCUT2D eigenvalue weighted by Crippen LogP contribution is -2.28. The van der Waals surface area contributed by atoms with Crippen LogP contribution in [0.1, 0.15) is 35.7 Å². The Balaban J connectivity index is 1.75. The highest BCUT2D eigenvalue weighted by Gasteiger charge is 2.16. The number of aromatic nitrogens is 1. The van der Waals surface area contributed by atoms with Gasteiger partial charge in [0.05, 0.1) is 0 Å². The third-order valence-electron chi connectivity index (χ3n) is 3.84. The Bertz CT molecular complexity index is 559. The Kier molecular flexibility index (Phi) is 4.34. The van der Waals surface area contributed by atoms with E-state index >= 15 is 0 Å². The quantitative estimate of drug-likeness (QED) is 0.928. The number of nitrogens with one attached hydrogen (secondary N) is 1.